The van der Waals surface area contributed by atoms with Gasteiger partial charge in [0.15, 0.2) is 5.84 Å². The van der Waals surface area contributed by atoms with Gasteiger partial charge in [0.2, 0.25) is 0 Å². The van der Waals surface area contributed by atoms with Crippen LogP contribution in [0.5, 0.6) is 0 Å². The van der Waals surface area contributed by atoms with Crippen LogP contribution in [0.25, 0.3) is 0 Å². The van der Waals surface area contributed by atoms with Gasteiger partial charge in [-0.25, -0.2) is 0 Å². The topological polar surface area (TPSA) is 71.1 Å². The Balaban J connectivity index is 3.23. The van der Waals surface area contributed by atoms with Gasteiger partial charge < -0.3 is 20.6 Å². The van der Waals surface area contributed by atoms with Crippen molar-refractivity contribution < 1.29 is 9.94 Å². The molecule has 0 heterocycles. The smallest absolute Gasteiger partial charge is 0.172 e. The second-order valence-electron chi connectivity index (χ2n) is 4.43. The summed E-state index contributed by atoms with van der Waals surface area (Å²) in [4.78, 5) is 2.10. The number of ether oxygens (including phenoxy) is 1. The van der Waals surface area contributed by atoms with E-state index in [1.807, 2.05) is 6.07 Å². The third-order valence-electron chi connectivity index (χ3n) is 2.81. The Labute approximate surface area is 118 Å². The molecule has 0 aliphatic carbocycles. The summed E-state index contributed by atoms with van der Waals surface area (Å²) < 4.78 is 5.12. The highest BCUT2D eigenvalue weighted by Gasteiger charge is 2.17. The van der Waals surface area contributed by atoms with Crippen molar-refractivity contribution in [1.29, 1.82) is 0 Å². The van der Waals surface area contributed by atoms with Crippen molar-refractivity contribution in [3.8, 4) is 0 Å². The van der Waals surface area contributed by atoms with Crippen molar-refractivity contribution in [3.63, 3.8) is 0 Å². The van der Waals surface area contributed by atoms with Crippen LogP contribution in [-0.4, -0.2) is 37.3 Å². The van der Waals surface area contributed by atoms with E-state index in [-0.39, 0.29) is 11.9 Å². The van der Waals surface area contributed by atoms with E-state index >= 15 is 0 Å². The Morgan fingerprint density at radius 1 is 1.53 bits per heavy atom. The van der Waals surface area contributed by atoms with Crippen LogP contribution in [0, 0.1) is 0 Å². The van der Waals surface area contributed by atoms with Crippen molar-refractivity contribution in [3.05, 3.63) is 28.8 Å². The maximum absolute atomic E-state index is 8.87. The number of methoxy groups -OCH3 is 1. The van der Waals surface area contributed by atoms with Gasteiger partial charge in [-0.1, -0.05) is 16.8 Å². The van der Waals surface area contributed by atoms with Gasteiger partial charge in [0.1, 0.15) is 0 Å². The number of nitrogens with zero attached hydrogens (tertiary/aromatic N) is 2. The zero-order chi connectivity index (χ0) is 14.4. The van der Waals surface area contributed by atoms with Crippen molar-refractivity contribution in [2.75, 3.05) is 25.2 Å². The molecule has 0 bridgehead atoms. The summed E-state index contributed by atoms with van der Waals surface area (Å²) in [5, 5.41) is 12.5. The van der Waals surface area contributed by atoms with Crippen LogP contribution in [0.3, 0.4) is 0 Å². The van der Waals surface area contributed by atoms with Gasteiger partial charge in [-0.2, -0.15) is 0 Å². The van der Waals surface area contributed by atoms with Gasteiger partial charge in [-0.3, -0.25) is 0 Å². The maximum Gasteiger partial charge on any atom is 0.172 e. The highest BCUT2D eigenvalue weighted by atomic mass is 35.5. The van der Waals surface area contributed by atoms with Crippen molar-refractivity contribution in [1.82, 2.24) is 0 Å². The molecular formula is C13H20ClN3O2. The molecule has 0 saturated carbocycles. The van der Waals surface area contributed by atoms with Crippen LogP contribution in [-0.2, 0) is 4.74 Å². The Morgan fingerprint density at radius 2 is 2.21 bits per heavy atom. The number of rotatable bonds is 6. The first-order valence-corrected chi connectivity index (χ1v) is 6.42. The van der Waals surface area contributed by atoms with E-state index < -0.39 is 0 Å². The lowest BCUT2D eigenvalue weighted by Crippen LogP contribution is -2.35. The largest absolute Gasteiger partial charge is 0.409 e. The molecule has 1 rings (SSSR count). The molecule has 0 aliphatic rings. The number of hydrogen-bond donors (Lipinski definition) is 2. The lowest BCUT2D eigenvalue weighted by atomic mass is 10.1. The highest BCUT2D eigenvalue weighted by molar-refractivity contribution is 6.31. The van der Waals surface area contributed by atoms with Gasteiger partial charge in [0, 0.05) is 36.0 Å². The van der Waals surface area contributed by atoms with E-state index in [1.165, 1.54) is 0 Å². The third kappa shape index (κ3) is 4.01. The number of benzene rings is 1. The molecule has 0 atom stereocenters. The molecule has 0 radical (unpaired) electrons. The Hall–Kier alpha value is -1.46. The molecule has 5 nitrogen and oxygen atoms in total. The van der Waals surface area contributed by atoms with Crippen LogP contribution in [0.1, 0.15) is 19.4 Å². The van der Waals surface area contributed by atoms with Crippen molar-refractivity contribution >= 4 is 23.1 Å². The van der Waals surface area contributed by atoms with Gasteiger partial charge in [0.05, 0.1) is 6.61 Å². The average Bonchev–Trinajstić information content (AvgIpc) is 2.38. The Bertz CT molecular complexity index is 450. The molecule has 106 valence electrons. The lowest BCUT2D eigenvalue weighted by Gasteiger charge is -2.30. The molecule has 0 saturated heterocycles. The summed E-state index contributed by atoms with van der Waals surface area (Å²) in [6, 6.07) is 5.51. The van der Waals surface area contributed by atoms with Crippen LogP contribution in [0.2, 0.25) is 5.02 Å². The van der Waals surface area contributed by atoms with E-state index in [0.29, 0.717) is 23.7 Å². The third-order valence-corrected chi connectivity index (χ3v) is 3.05. The second kappa shape index (κ2) is 7.21. The summed E-state index contributed by atoms with van der Waals surface area (Å²) in [7, 11) is 1.65. The Morgan fingerprint density at radius 3 is 2.74 bits per heavy atom. The fourth-order valence-corrected chi connectivity index (χ4v) is 2.03. The molecule has 0 fully saturated rings. The van der Waals surface area contributed by atoms with E-state index in [0.717, 1.165) is 5.69 Å². The summed E-state index contributed by atoms with van der Waals surface area (Å²) in [6.45, 7) is 5.40. The molecule has 0 unspecified atom stereocenters. The fraction of sp³-hybridized carbons (Fsp3) is 0.462. The first-order valence-electron chi connectivity index (χ1n) is 6.04. The van der Waals surface area contributed by atoms with Crippen LogP contribution >= 0.6 is 11.6 Å². The normalized spacial score (nSPS) is 11.9. The number of hydrogen-bond acceptors (Lipinski definition) is 4. The molecule has 19 heavy (non-hydrogen) atoms. The van der Waals surface area contributed by atoms with E-state index in [1.54, 1.807) is 19.2 Å². The predicted octanol–water partition coefficient (Wildman–Crippen LogP) is 2.30. The number of anilines is 1. The highest BCUT2D eigenvalue weighted by Crippen LogP contribution is 2.26. The first kappa shape index (κ1) is 15.6. The molecule has 1 aromatic rings. The average molecular weight is 286 g/mol. The lowest BCUT2D eigenvalue weighted by molar-refractivity contribution is 0.204. The SMILES string of the molecule is COCCN(c1cc(Cl)ccc1/C(N)=N/O)C(C)C. The minimum absolute atomic E-state index is 0.0646. The van der Waals surface area contributed by atoms with Crippen LogP contribution in [0.15, 0.2) is 23.4 Å². The summed E-state index contributed by atoms with van der Waals surface area (Å²) in [5.74, 6) is 0.0646. The molecule has 0 aromatic heterocycles. The summed E-state index contributed by atoms with van der Waals surface area (Å²) in [5.41, 5.74) is 7.19. The Kier molecular flexibility index (Phi) is 5.92. The molecule has 1 aromatic carbocycles. The summed E-state index contributed by atoms with van der Waals surface area (Å²) in [6.07, 6.45) is 0. The zero-order valence-corrected chi connectivity index (χ0v) is 12.2. The van der Waals surface area contributed by atoms with Crippen LogP contribution in [0.4, 0.5) is 5.69 Å². The second-order valence-corrected chi connectivity index (χ2v) is 4.86. The fourth-order valence-electron chi connectivity index (χ4n) is 1.86. The van der Waals surface area contributed by atoms with Gasteiger partial charge >= 0.3 is 0 Å². The van der Waals surface area contributed by atoms with Gasteiger partial charge in [0.25, 0.3) is 0 Å². The van der Waals surface area contributed by atoms with Crippen molar-refractivity contribution in [2.24, 2.45) is 10.9 Å². The number of nitrogens with two attached hydrogens (primary N) is 1. The van der Waals surface area contributed by atoms with Crippen molar-refractivity contribution in [2.45, 2.75) is 19.9 Å². The molecule has 0 amide bonds. The number of amidine groups is 1. The zero-order valence-electron chi connectivity index (χ0n) is 11.4. The first-order chi connectivity index (χ1) is 9.01. The molecule has 6 heteroatoms. The molecule has 3 N–H and O–H groups in total. The van der Waals surface area contributed by atoms with Gasteiger partial charge in [-0.15, -0.1) is 0 Å². The van der Waals surface area contributed by atoms with E-state index in [2.05, 4.69) is 23.9 Å². The van der Waals surface area contributed by atoms with Crippen LogP contribution < -0.4 is 10.6 Å². The maximum atomic E-state index is 8.87. The molecule has 0 spiro atoms. The van der Waals surface area contributed by atoms with Gasteiger partial charge in [-0.05, 0) is 32.0 Å². The number of oxime groups is 1. The summed E-state index contributed by atoms with van der Waals surface area (Å²) >= 11 is 6.05. The monoisotopic (exact) mass is 285 g/mol. The standard InChI is InChI=1S/C13H20ClN3O2/c1-9(2)17(6-7-19-3)12-8-10(14)4-5-11(12)13(15)16-18/h4-5,8-9,18H,6-7H2,1-3H3,(H2,15,16). The number of halogens is 1. The minimum atomic E-state index is 0.0646. The minimum Gasteiger partial charge on any atom is -0.409 e. The van der Waals surface area contributed by atoms with E-state index in [9.17, 15) is 0 Å². The quantitative estimate of drug-likeness (QED) is 0.364. The molecule has 0 aliphatic heterocycles. The van der Waals surface area contributed by atoms with E-state index in [4.69, 9.17) is 27.3 Å². The molecular weight excluding hydrogens is 266 g/mol. The predicted molar refractivity (Wildman–Crippen MR) is 78.3 cm³/mol.